The molecule has 0 saturated heterocycles. The van der Waals surface area contributed by atoms with Crippen LogP contribution >= 0.6 is 0 Å². The van der Waals surface area contributed by atoms with E-state index < -0.39 is 22.0 Å². The fourth-order valence-electron chi connectivity index (χ4n) is 3.06. The number of carbonyl (C=O) groups is 2. The zero-order valence-corrected chi connectivity index (χ0v) is 19.2. The van der Waals surface area contributed by atoms with Gasteiger partial charge in [-0.15, -0.1) is 0 Å². The Morgan fingerprint density at radius 2 is 1.77 bits per heavy atom. The molecule has 31 heavy (non-hydrogen) atoms. The summed E-state index contributed by atoms with van der Waals surface area (Å²) in [5, 5.41) is 5.40. The zero-order valence-electron chi connectivity index (χ0n) is 18.4. The molecule has 0 aliphatic rings. The van der Waals surface area contributed by atoms with Gasteiger partial charge in [0.2, 0.25) is 15.9 Å². The van der Waals surface area contributed by atoms with E-state index in [9.17, 15) is 18.0 Å². The molecule has 0 aliphatic carbocycles. The number of hydrogen-bond acceptors (Lipinski definition) is 5. The highest BCUT2D eigenvalue weighted by Crippen LogP contribution is 2.25. The SMILES string of the molecule is COCCNC(=O)c1ccccc1NC(=O)[C@H](C)N(c1ccc(C)c(C)c1)S(C)(=O)=O. The molecule has 0 fully saturated rings. The third-order valence-electron chi connectivity index (χ3n) is 4.85. The average molecular weight is 448 g/mol. The number of aryl methyl sites for hydroxylation is 2. The highest BCUT2D eigenvalue weighted by molar-refractivity contribution is 7.92. The summed E-state index contributed by atoms with van der Waals surface area (Å²) in [6.07, 6.45) is 1.06. The Balaban J connectivity index is 2.29. The Morgan fingerprint density at radius 1 is 1.10 bits per heavy atom. The van der Waals surface area contributed by atoms with Crippen LogP contribution in [-0.4, -0.2) is 52.8 Å². The molecule has 2 rings (SSSR count). The molecule has 1 atom stereocenters. The molecule has 0 aromatic heterocycles. The molecule has 0 radical (unpaired) electrons. The van der Waals surface area contributed by atoms with Crippen LogP contribution in [0.4, 0.5) is 11.4 Å². The molecule has 0 heterocycles. The van der Waals surface area contributed by atoms with Gasteiger partial charge in [0.15, 0.2) is 0 Å². The summed E-state index contributed by atoms with van der Waals surface area (Å²) in [5.74, 6) is -0.921. The number of nitrogens with one attached hydrogen (secondary N) is 2. The van der Waals surface area contributed by atoms with Crippen LogP contribution < -0.4 is 14.9 Å². The van der Waals surface area contributed by atoms with Crippen molar-refractivity contribution in [3.63, 3.8) is 0 Å². The van der Waals surface area contributed by atoms with Crippen LogP contribution in [0.5, 0.6) is 0 Å². The van der Waals surface area contributed by atoms with Crippen LogP contribution in [0, 0.1) is 13.8 Å². The number of nitrogens with zero attached hydrogens (tertiary/aromatic N) is 1. The molecule has 0 bridgehead atoms. The largest absolute Gasteiger partial charge is 0.383 e. The standard InChI is InChI=1S/C22H29N3O5S/c1-15-10-11-18(14-16(15)2)25(31(5,28)29)17(3)21(26)24-20-9-7-6-8-19(20)22(27)23-12-13-30-4/h6-11,14,17H,12-13H2,1-5H3,(H,23,27)(H,24,26)/t17-/m0/s1. The number of benzene rings is 2. The maximum Gasteiger partial charge on any atom is 0.253 e. The Kier molecular flexibility index (Phi) is 8.18. The third kappa shape index (κ3) is 6.28. The van der Waals surface area contributed by atoms with Gasteiger partial charge < -0.3 is 15.4 Å². The number of hydrogen-bond donors (Lipinski definition) is 2. The summed E-state index contributed by atoms with van der Waals surface area (Å²) in [6, 6.07) is 10.7. The summed E-state index contributed by atoms with van der Waals surface area (Å²) in [7, 11) is -2.21. The first-order valence-electron chi connectivity index (χ1n) is 9.80. The van der Waals surface area contributed by atoms with Gasteiger partial charge in [0.05, 0.1) is 29.8 Å². The molecule has 0 unspecified atom stereocenters. The topological polar surface area (TPSA) is 105 Å². The lowest BCUT2D eigenvalue weighted by atomic mass is 10.1. The molecule has 0 aliphatic heterocycles. The fraction of sp³-hybridized carbons (Fsp3) is 0.364. The van der Waals surface area contributed by atoms with E-state index in [2.05, 4.69) is 10.6 Å². The van der Waals surface area contributed by atoms with Crippen molar-refractivity contribution in [3.8, 4) is 0 Å². The predicted octanol–water partition coefficient (Wildman–Crippen LogP) is 2.47. The van der Waals surface area contributed by atoms with Gasteiger partial charge in [-0.2, -0.15) is 0 Å². The third-order valence-corrected chi connectivity index (χ3v) is 6.10. The van der Waals surface area contributed by atoms with E-state index in [1.807, 2.05) is 19.9 Å². The van der Waals surface area contributed by atoms with Gasteiger partial charge in [-0.3, -0.25) is 13.9 Å². The maximum atomic E-state index is 13.0. The number of amides is 2. The molecule has 8 nitrogen and oxygen atoms in total. The second kappa shape index (κ2) is 10.4. The van der Waals surface area contributed by atoms with Crippen LogP contribution in [0.25, 0.3) is 0 Å². The van der Waals surface area contributed by atoms with E-state index in [4.69, 9.17) is 4.74 Å². The lowest BCUT2D eigenvalue weighted by Crippen LogP contribution is -2.45. The predicted molar refractivity (Wildman–Crippen MR) is 122 cm³/mol. The van der Waals surface area contributed by atoms with E-state index in [1.165, 1.54) is 14.0 Å². The van der Waals surface area contributed by atoms with Crippen LogP contribution in [-0.2, 0) is 19.6 Å². The molecular formula is C22H29N3O5S. The van der Waals surface area contributed by atoms with Crippen molar-refractivity contribution in [3.05, 3.63) is 59.2 Å². The highest BCUT2D eigenvalue weighted by Gasteiger charge is 2.30. The fourth-order valence-corrected chi connectivity index (χ4v) is 4.23. The van der Waals surface area contributed by atoms with Crippen LogP contribution in [0.3, 0.4) is 0 Å². The quantitative estimate of drug-likeness (QED) is 0.575. The van der Waals surface area contributed by atoms with Crippen molar-refractivity contribution in [1.82, 2.24) is 5.32 Å². The minimum absolute atomic E-state index is 0.274. The van der Waals surface area contributed by atoms with E-state index in [0.717, 1.165) is 21.7 Å². The number of sulfonamides is 1. The van der Waals surface area contributed by atoms with Gasteiger partial charge in [0.1, 0.15) is 6.04 Å². The van der Waals surface area contributed by atoms with Gasteiger partial charge in [0, 0.05) is 13.7 Å². The molecule has 0 spiro atoms. The van der Waals surface area contributed by atoms with Crippen LogP contribution in [0.2, 0.25) is 0 Å². The van der Waals surface area contributed by atoms with Crippen molar-refractivity contribution in [2.24, 2.45) is 0 Å². The Hall–Kier alpha value is -2.91. The van der Waals surface area contributed by atoms with Crippen LogP contribution in [0.15, 0.2) is 42.5 Å². The lowest BCUT2D eigenvalue weighted by Gasteiger charge is -2.29. The van der Waals surface area contributed by atoms with Gasteiger partial charge in [0.25, 0.3) is 5.91 Å². The summed E-state index contributed by atoms with van der Waals surface area (Å²) < 4.78 is 31.0. The summed E-state index contributed by atoms with van der Waals surface area (Å²) in [4.78, 5) is 25.4. The second-order valence-electron chi connectivity index (χ2n) is 7.29. The average Bonchev–Trinajstić information content (AvgIpc) is 2.70. The summed E-state index contributed by atoms with van der Waals surface area (Å²) in [6.45, 7) is 5.99. The van der Waals surface area contributed by atoms with E-state index in [0.29, 0.717) is 24.5 Å². The van der Waals surface area contributed by atoms with Crippen molar-refractivity contribution in [1.29, 1.82) is 0 Å². The van der Waals surface area contributed by atoms with Gasteiger partial charge in [-0.25, -0.2) is 8.42 Å². The minimum atomic E-state index is -3.75. The normalized spacial score (nSPS) is 12.2. The lowest BCUT2D eigenvalue weighted by molar-refractivity contribution is -0.116. The van der Waals surface area contributed by atoms with E-state index >= 15 is 0 Å². The second-order valence-corrected chi connectivity index (χ2v) is 9.15. The summed E-state index contributed by atoms with van der Waals surface area (Å²) >= 11 is 0. The van der Waals surface area contributed by atoms with Gasteiger partial charge in [-0.05, 0) is 56.2 Å². The van der Waals surface area contributed by atoms with Crippen molar-refractivity contribution < 1.29 is 22.7 Å². The first-order chi connectivity index (χ1) is 14.6. The van der Waals surface area contributed by atoms with Crippen molar-refractivity contribution >= 4 is 33.2 Å². The number of ether oxygens (including phenoxy) is 1. The molecule has 2 aromatic carbocycles. The van der Waals surface area contributed by atoms with E-state index in [-0.39, 0.29) is 11.5 Å². The van der Waals surface area contributed by atoms with Crippen molar-refractivity contribution in [2.45, 2.75) is 26.8 Å². The van der Waals surface area contributed by atoms with Crippen molar-refractivity contribution in [2.75, 3.05) is 36.1 Å². The van der Waals surface area contributed by atoms with E-state index in [1.54, 1.807) is 36.4 Å². The molecule has 2 N–H and O–H groups in total. The zero-order chi connectivity index (χ0) is 23.2. The Morgan fingerprint density at radius 3 is 2.39 bits per heavy atom. The first-order valence-corrected chi connectivity index (χ1v) is 11.6. The number of carbonyl (C=O) groups excluding carboxylic acids is 2. The highest BCUT2D eigenvalue weighted by atomic mass is 32.2. The van der Waals surface area contributed by atoms with Gasteiger partial charge >= 0.3 is 0 Å². The molecule has 168 valence electrons. The molecule has 2 amide bonds. The number of methoxy groups -OCH3 is 1. The first kappa shape index (κ1) is 24.4. The number of para-hydroxylation sites is 1. The molecule has 2 aromatic rings. The van der Waals surface area contributed by atoms with Gasteiger partial charge in [-0.1, -0.05) is 18.2 Å². The maximum absolute atomic E-state index is 13.0. The molecular weight excluding hydrogens is 418 g/mol. The minimum Gasteiger partial charge on any atom is -0.383 e. The summed E-state index contributed by atoms with van der Waals surface area (Å²) in [5.41, 5.74) is 2.90. The Bertz CT molecular complexity index is 1050. The number of rotatable bonds is 9. The smallest absolute Gasteiger partial charge is 0.253 e. The van der Waals surface area contributed by atoms with Crippen LogP contribution in [0.1, 0.15) is 28.4 Å². The molecule has 0 saturated carbocycles. The Labute approximate surface area is 183 Å². The monoisotopic (exact) mass is 447 g/mol. The molecule has 9 heteroatoms. The number of anilines is 2.